The number of benzene rings is 2. The largest absolute Gasteiger partial charge is 0.507 e. The van der Waals surface area contributed by atoms with Gasteiger partial charge in [0.1, 0.15) is 17.9 Å². The van der Waals surface area contributed by atoms with Crippen LogP contribution in [0.15, 0.2) is 48.5 Å². The summed E-state index contributed by atoms with van der Waals surface area (Å²) in [5.41, 5.74) is 5.09. The number of hydrogen-bond acceptors (Lipinski definition) is 6. The first-order valence-electron chi connectivity index (χ1n) is 11.6. The minimum absolute atomic E-state index is 0.0697. The highest BCUT2D eigenvalue weighted by Gasteiger charge is 2.54. The Morgan fingerprint density at radius 1 is 1.06 bits per heavy atom. The molecule has 0 aromatic heterocycles. The van der Waals surface area contributed by atoms with E-state index >= 15 is 0 Å². The Morgan fingerprint density at radius 3 is 2.39 bits per heavy atom. The molecule has 1 heterocycles. The standard InChI is InChI=1S/C26H32N2O5/c1-28(2)15-14-21(17-28)32-25(31)26(19-10-6-7-11-19,18-8-4-3-5-9-18)33-24(30)22-16-20(27)12-13-23(22)29/h3-5,8-9,12-13,16,19,21H,6-7,10-11,14-15,17,27H2,1-2H3/p+1. The van der Waals surface area contributed by atoms with E-state index in [-0.39, 0.29) is 23.3 Å². The zero-order chi connectivity index (χ0) is 23.6. The van der Waals surface area contributed by atoms with Crippen molar-refractivity contribution in [3.8, 4) is 5.75 Å². The van der Waals surface area contributed by atoms with E-state index < -0.39 is 17.5 Å². The number of phenols is 1. The van der Waals surface area contributed by atoms with Crippen LogP contribution in [0.25, 0.3) is 0 Å². The molecule has 2 aliphatic rings. The molecule has 2 unspecified atom stereocenters. The van der Waals surface area contributed by atoms with Crippen LogP contribution in [0, 0.1) is 5.92 Å². The average molecular weight is 454 g/mol. The minimum Gasteiger partial charge on any atom is -0.507 e. The van der Waals surface area contributed by atoms with Crippen LogP contribution >= 0.6 is 0 Å². The maximum absolute atomic E-state index is 13.9. The molecule has 0 bridgehead atoms. The van der Waals surface area contributed by atoms with Crippen LogP contribution < -0.4 is 5.73 Å². The van der Waals surface area contributed by atoms with Gasteiger partial charge in [-0.2, -0.15) is 0 Å². The highest BCUT2D eigenvalue weighted by Crippen LogP contribution is 2.45. The third-order valence-corrected chi connectivity index (χ3v) is 6.96. The molecule has 2 atom stereocenters. The van der Waals surface area contributed by atoms with E-state index in [0.717, 1.165) is 43.1 Å². The van der Waals surface area contributed by atoms with Gasteiger partial charge in [-0.1, -0.05) is 43.2 Å². The number of nitrogens with zero attached hydrogens (tertiary/aromatic N) is 1. The molecule has 0 amide bonds. The molecule has 1 aliphatic carbocycles. The summed E-state index contributed by atoms with van der Waals surface area (Å²) in [5, 5.41) is 10.3. The minimum atomic E-state index is -1.59. The lowest BCUT2D eigenvalue weighted by Crippen LogP contribution is -2.49. The molecular weight excluding hydrogens is 420 g/mol. The quantitative estimate of drug-likeness (QED) is 0.300. The van der Waals surface area contributed by atoms with Crippen molar-refractivity contribution in [1.29, 1.82) is 0 Å². The summed E-state index contributed by atoms with van der Waals surface area (Å²) in [6, 6.07) is 13.3. The number of esters is 2. The van der Waals surface area contributed by atoms with Crippen molar-refractivity contribution in [2.24, 2.45) is 5.92 Å². The van der Waals surface area contributed by atoms with Crippen molar-refractivity contribution >= 4 is 17.6 Å². The summed E-state index contributed by atoms with van der Waals surface area (Å²) >= 11 is 0. The van der Waals surface area contributed by atoms with Gasteiger partial charge in [-0.25, -0.2) is 9.59 Å². The van der Waals surface area contributed by atoms with Gasteiger partial charge in [0, 0.05) is 23.6 Å². The topological polar surface area (TPSA) is 98.9 Å². The normalized spacial score (nSPS) is 21.9. The molecule has 2 aromatic carbocycles. The first kappa shape index (κ1) is 23.1. The van der Waals surface area contributed by atoms with E-state index in [1.54, 1.807) is 12.1 Å². The Labute approximate surface area is 194 Å². The maximum atomic E-state index is 13.9. The van der Waals surface area contributed by atoms with Crippen molar-refractivity contribution in [2.75, 3.05) is 32.9 Å². The van der Waals surface area contributed by atoms with Gasteiger partial charge in [0.15, 0.2) is 6.10 Å². The molecule has 1 saturated heterocycles. The monoisotopic (exact) mass is 453 g/mol. The number of nitrogen functional groups attached to an aromatic ring is 1. The first-order valence-corrected chi connectivity index (χ1v) is 11.6. The Morgan fingerprint density at radius 2 is 1.76 bits per heavy atom. The molecule has 1 saturated carbocycles. The molecular formula is C26H33N2O5+. The van der Waals surface area contributed by atoms with Crippen LogP contribution in [0.2, 0.25) is 0 Å². The van der Waals surface area contributed by atoms with E-state index in [0.29, 0.717) is 17.8 Å². The number of anilines is 1. The van der Waals surface area contributed by atoms with E-state index in [1.807, 2.05) is 18.2 Å². The molecule has 33 heavy (non-hydrogen) atoms. The van der Waals surface area contributed by atoms with Gasteiger partial charge in [0.25, 0.3) is 0 Å². The maximum Gasteiger partial charge on any atom is 0.356 e. The van der Waals surface area contributed by atoms with Crippen LogP contribution in [0.4, 0.5) is 5.69 Å². The van der Waals surface area contributed by atoms with Crippen molar-refractivity contribution < 1.29 is 28.7 Å². The number of carbonyl (C=O) groups is 2. The second-order valence-electron chi connectivity index (χ2n) is 9.91. The number of likely N-dealkylation sites (tertiary alicyclic amines) is 1. The van der Waals surface area contributed by atoms with Gasteiger partial charge in [0.2, 0.25) is 5.60 Å². The summed E-state index contributed by atoms with van der Waals surface area (Å²) in [6.45, 7) is 1.63. The number of carbonyl (C=O) groups excluding carboxylic acids is 2. The first-order chi connectivity index (χ1) is 15.7. The molecule has 4 rings (SSSR count). The third kappa shape index (κ3) is 4.69. The van der Waals surface area contributed by atoms with Gasteiger partial charge in [-0.05, 0) is 31.0 Å². The number of likely N-dealkylation sites (N-methyl/N-ethyl adjacent to an activating group) is 1. The lowest BCUT2D eigenvalue weighted by molar-refractivity contribution is -0.879. The number of aromatic hydroxyl groups is 1. The zero-order valence-corrected chi connectivity index (χ0v) is 19.3. The van der Waals surface area contributed by atoms with Crippen LogP contribution in [0.1, 0.15) is 48.0 Å². The van der Waals surface area contributed by atoms with Crippen LogP contribution in [-0.2, 0) is 19.9 Å². The van der Waals surface area contributed by atoms with Crippen molar-refractivity contribution in [3.63, 3.8) is 0 Å². The lowest BCUT2D eigenvalue weighted by Gasteiger charge is -2.37. The molecule has 2 fully saturated rings. The molecule has 0 spiro atoms. The second kappa shape index (κ2) is 9.06. The zero-order valence-electron chi connectivity index (χ0n) is 19.3. The molecule has 7 heteroatoms. The fourth-order valence-corrected chi connectivity index (χ4v) is 5.20. The molecule has 7 nitrogen and oxygen atoms in total. The lowest BCUT2D eigenvalue weighted by atomic mass is 9.79. The molecule has 1 aliphatic heterocycles. The Balaban J connectivity index is 1.75. The number of phenolic OH excluding ortho intramolecular Hbond substituents is 1. The fraction of sp³-hybridized carbons (Fsp3) is 0.462. The summed E-state index contributed by atoms with van der Waals surface area (Å²) in [4.78, 5) is 27.3. The van der Waals surface area contributed by atoms with Crippen molar-refractivity contribution in [1.82, 2.24) is 0 Å². The molecule has 3 N–H and O–H groups in total. The van der Waals surface area contributed by atoms with Crippen molar-refractivity contribution in [2.45, 2.75) is 43.8 Å². The summed E-state index contributed by atoms with van der Waals surface area (Å²) in [7, 11) is 4.22. The third-order valence-electron chi connectivity index (χ3n) is 6.96. The Bertz CT molecular complexity index is 1020. The predicted molar refractivity (Wildman–Crippen MR) is 124 cm³/mol. The highest BCUT2D eigenvalue weighted by molar-refractivity contribution is 5.96. The van der Waals surface area contributed by atoms with Crippen LogP contribution in [0.5, 0.6) is 5.75 Å². The van der Waals surface area contributed by atoms with E-state index in [1.165, 1.54) is 18.2 Å². The number of hydrogen-bond donors (Lipinski definition) is 2. The van der Waals surface area contributed by atoms with Gasteiger partial charge in [-0.15, -0.1) is 0 Å². The van der Waals surface area contributed by atoms with Gasteiger partial charge in [-0.3, -0.25) is 0 Å². The summed E-state index contributed by atoms with van der Waals surface area (Å²) in [5.74, 6) is -1.80. The number of quaternary nitrogens is 1. The van der Waals surface area contributed by atoms with Crippen LogP contribution in [-0.4, -0.2) is 54.8 Å². The van der Waals surface area contributed by atoms with Gasteiger partial charge < -0.3 is 24.8 Å². The van der Waals surface area contributed by atoms with Gasteiger partial charge in [0.05, 0.1) is 20.6 Å². The van der Waals surface area contributed by atoms with E-state index in [9.17, 15) is 14.7 Å². The number of nitrogens with two attached hydrogens (primary N) is 1. The molecule has 2 aromatic rings. The summed E-state index contributed by atoms with van der Waals surface area (Å²) < 4.78 is 12.9. The van der Waals surface area contributed by atoms with E-state index in [4.69, 9.17) is 15.2 Å². The highest BCUT2D eigenvalue weighted by atomic mass is 16.6. The Kier molecular flexibility index (Phi) is 6.34. The SMILES string of the molecule is C[N+]1(C)CCC(OC(=O)C(OC(=O)c2cc(N)ccc2O)(c2ccccc2)C2CCCC2)C1. The Hall–Kier alpha value is -3.06. The predicted octanol–water partition coefficient (Wildman–Crippen LogP) is 3.61. The number of rotatable bonds is 6. The van der Waals surface area contributed by atoms with E-state index in [2.05, 4.69) is 14.1 Å². The second-order valence-corrected chi connectivity index (χ2v) is 9.91. The fourth-order valence-electron chi connectivity index (χ4n) is 5.20. The van der Waals surface area contributed by atoms with Gasteiger partial charge >= 0.3 is 11.9 Å². The van der Waals surface area contributed by atoms with Crippen molar-refractivity contribution in [3.05, 3.63) is 59.7 Å². The van der Waals surface area contributed by atoms with Crippen LogP contribution in [0.3, 0.4) is 0 Å². The average Bonchev–Trinajstić information content (AvgIpc) is 3.44. The molecule has 176 valence electrons. The summed E-state index contributed by atoms with van der Waals surface area (Å²) in [6.07, 6.45) is 3.90. The molecule has 0 radical (unpaired) electrons. The number of ether oxygens (including phenoxy) is 2. The smallest absolute Gasteiger partial charge is 0.356 e.